The first-order chi connectivity index (χ1) is 13.7. The van der Waals surface area contributed by atoms with Crippen LogP contribution >= 0.6 is 0 Å². The Labute approximate surface area is 165 Å². The lowest BCUT2D eigenvalue weighted by atomic mass is 10.0. The second kappa shape index (κ2) is 8.60. The number of carbonyl (C=O) groups is 1. The van der Waals surface area contributed by atoms with Gasteiger partial charge in [-0.3, -0.25) is 14.3 Å². The molecule has 1 fully saturated rings. The fraction of sp³-hybridized carbons (Fsp3) is 0.444. The Morgan fingerprint density at radius 3 is 2.69 bits per heavy atom. The molecule has 2 aromatic heterocycles. The molecule has 11 heteroatoms. The highest BCUT2D eigenvalue weighted by molar-refractivity contribution is 5.75. The maximum Gasteiger partial charge on any atom is 0.522 e. The number of aromatic nitrogens is 3. The monoisotopic (exact) mass is 413 g/mol. The van der Waals surface area contributed by atoms with E-state index >= 15 is 0 Å². The predicted molar refractivity (Wildman–Crippen MR) is 100 cm³/mol. The molecule has 0 aliphatic carbocycles. The molecule has 0 bridgehead atoms. The van der Waals surface area contributed by atoms with Gasteiger partial charge in [-0.25, -0.2) is 9.67 Å². The average molecular weight is 413 g/mol. The van der Waals surface area contributed by atoms with Gasteiger partial charge in [-0.1, -0.05) is 0 Å². The third-order valence-corrected chi connectivity index (χ3v) is 4.34. The van der Waals surface area contributed by atoms with Crippen LogP contribution in [0.25, 0.3) is 11.3 Å². The van der Waals surface area contributed by atoms with Gasteiger partial charge in [0.1, 0.15) is 12.4 Å². The van der Waals surface area contributed by atoms with E-state index in [1.165, 1.54) is 6.07 Å². The predicted octanol–water partition coefficient (Wildman–Crippen LogP) is 1.66. The summed E-state index contributed by atoms with van der Waals surface area (Å²) < 4.78 is 41.1. The van der Waals surface area contributed by atoms with Crippen molar-refractivity contribution in [1.82, 2.24) is 20.1 Å². The molecule has 0 atom stereocenters. The van der Waals surface area contributed by atoms with Crippen molar-refractivity contribution in [2.45, 2.75) is 19.8 Å². The molecule has 2 aromatic rings. The summed E-state index contributed by atoms with van der Waals surface area (Å²) in [5.74, 6) is 0.125. The lowest BCUT2D eigenvalue weighted by Gasteiger charge is -2.40. The topological polar surface area (TPSA) is 89.3 Å². The van der Waals surface area contributed by atoms with Crippen molar-refractivity contribution in [3.05, 3.63) is 40.8 Å². The van der Waals surface area contributed by atoms with Crippen molar-refractivity contribution in [2.24, 2.45) is 5.92 Å². The number of pyridine rings is 1. The molecule has 1 aliphatic rings. The van der Waals surface area contributed by atoms with Crippen LogP contribution in [0, 0.1) is 5.92 Å². The molecule has 29 heavy (non-hydrogen) atoms. The van der Waals surface area contributed by atoms with E-state index in [1.807, 2.05) is 4.90 Å². The number of likely N-dealkylation sites (N-methyl/N-ethyl adjacent to an activating group) is 1. The molecule has 8 nitrogen and oxygen atoms in total. The summed E-state index contributed by atoms with van der Waals surface area (Å²) in [6.45, 7) is 2.55. The van der Waals surface area contributed by atoms with E-state index in [1.54, 1.807) is 31.3 Å². The molecule has 0 saturated carbocycles. The second-order valence-electron chi connectivity index (χ2n) is 6.60. The standard InChI is InChI=1S/C18H20F3N5O3.H2/c1-2-22-16(27)10-26-17(28)6-4-14(24-26)13-3-5-15(23-7-13)25-8-12(9-25)11-29-18(19,20)21;/h3-7,12H,2,8-11H2,1H3,(H,22,27);1H. The minimum Gasteiger partial charge on any atom is -0.356 e. The van der Waals surface area contributed by atoms with E-state index in [0.717, 1.165) is 4.68 Å². The van der Waals surface area contributed by atoms with E-state index in [0.29, 0.717) is 36.7 Å². The van der Waals surface area contributed by atoms with Crippen LogP contribution in [0.5, 0.6) is 0 Å². The summed E-state index contributed by atoms with van der Waals surface area (Å²) in [6.07, 6.45) is -3.04. The minimum atomic E-state index is -4.61. The molecule has 0 aromatic carbocycles. The third-order valence-electron chi connectivity index (χ3n) is 4.34. The number of hydrogen-bond acceptors (Lipinski definition) is 6. The van der Waals surface area contributed by atoms with Gasteiger partial charge in [-0.2, -0.15) is 5.10 Å². The van der Waals surface area contributed by atoms with Crippen LogP contribution in [0.1, 0.15) is 8.35 Å². The molecule has 0 spiro atoms. The van der Waals surface area contributed by atoms with Gasteiger partial charge in [-0.05, 0) is 25.1 Å². The first kappa shape index (κ1) is 20.8. The molecule has 158 valence electrons. The molecule has 1 aliphatic heterocycles. The molecular weight excluding hydrogens is 391 g/mol. The molecule has 0 unspecified atom stereocenters. The lowest BCUT2D eigenvalue weighted by molar-refractivity contribution is -0.328. The Hall–Kier alpha value is -2.95. The normalized spacial score (nSPS) is 14.6. The van der Waals surface area contributed by atoms with E-state index in [2.05, 4.69) is 20.1 Å². The molecule has 1 saturated heterocycles. The zero-order valence-corrected chi connectivity index (χ0v) is 15.6. The summed E-state index contributed by atoms with van der Waals surface area (Å²) in [5.41, 5.74) is 0.737. The van der Waals surface area contributed by atoms with Crippen LogP contribution in [0.2, 0.25) is 0 Å². The molecule has 0 radical (unpaired) electrons. The van der Waals surface area contributed by atoms with Gasteiger partial charge < -0.3 is 10.2 Å². The Morgan fingerprint density at radius 1 is 1.31 bits per heavy atom. The van der Waals surface area contributed by atoms with Crippen molar-refractivity contribution < 1.29 is 24.1 Å². The minimum absolute atomic E-state index is 0. The highest BCUT2D eigenvalue weighted by Gasteiger charge is 2.34. The Kier molecular flexibility index (Phi) is 6.16. The largest absolute Gasteiger partial charge is 0.522 e. The van der Waals surface area contributed by atoms with E-state index in [4.69, 9.17) is 0 Å². The Bertz CT molecular complexity index is 915. The van der Waals surface area contributed by atoms with Crippen LogP contribution in [0.3, 0.4) is 0 Å². The number of anilines is 1. The van der Waals surface area contributed by atoms with Gasteiger partial charge >= 0.3 is 6.36 Å². The number of carbonyl (C=O) groups excluding carboxylic acids is 1. The van der Waals surface area contributed by atoms with Crippen molar-refractivity contribution in [2.75, 3.05) is 31.1 Å². The van der Waals surface area contributed by atoms with Gasteiger partial charge in [0.15, 0.2) is 0 Å². The Morgan fingerprint density at radius 2 is 2.07 bits per heavy atom. The van der Waals surface area contributed by atoms with Crippen molar-refractivity contribution >= 4 is 11.7 Å². The lowest BCUT2D eigenvalue weighted by Crippen LogP contribution is -2.49. The smallest absolute Gasteiger partial charge is 0.356 e. The van der Waals surface area contributed by atoms with Crippen LogP contribution < -0.4 is 15.8 Å². The highest BCUT2D eigenvalue weighted by atomic mass is 19.4. The first-order valence-corrected chi connectivity index (χ1v) is 9.02. The molecule has 3 heterocycles. The van der Waals surface area contributed by atoms with Crippen molar-refractivity contribution in [3.8, 4) is 11.3 Å². The fourth-order valence-corrected chi connectivity index (χ4v) is 2.90. The third kappa shape index (κ3) is 5.53. The number of ether oxygens (including phenoxy) is 1. The summed E-state index contributed by atoms with van der Waals surface area (Å²) in [5, 5.41) is 6.81. The molecule has 3 rings (SSSR count). The van der Waals surface area contributed by atoms with Gasteiger partial charge in [0, 0.05) is 44.8 Å². The summed E-state index contributed by atoms with van der Waals surface area (Å²) in [6, 6.07) is 6.36. The second-order valence-corrected chi connectivity index (χ2v) is 6.60. The SMILES string of the molecule is CCNC(=O)Cn1nc(-c2ccc(N3CC(COC(F)(F)F)C3)nc2)ccc1=O.[HH]. The van der Waals surface area contributed by atoms with Crippen LogP contribution in [-0.2, 0) is 16.1 Å². The summed E-state index contributed by atoms with van der Waals surface area (Å²) in [7, 11) is 0. The maximum absolute atomic E-state index is 12.1. The van der Waals surface area contributed by atoms with Gasteiger partial charge in [0.2, 0.25) is 5.91 Å². The van der Waals surface area contributed by atoms with E-state index in [9.17, 15) is 22.8 Å². The average Bonchev–Trinajstić information content (AvgIpc) is 2.62. The van der Waals surface area contributed by atoms with E-state index in [-0.39, 0.29) is 26.4 Å². The highest BCUT2D eigenvalue weighted by Crippen LogP contribution is 2.26. The van der Waals surface area contributed by atoms with Crippen LogP contribution in [0.15, 0.2) is 35.3 Å². The molecular formula is C18H22F3N5O3. The number of rotatable bonds is 7. The van der Waals surface area contributed by atoms with Gasteiger partial charge in [-0.15, -0.1) is 13.2 Å². The summed E-state index contributed by atoms with van der Waals surface area (Å²) in [4.78, 5) is 29.8. The quantitative estimate of drug-likeness (QED) is 0.743. The molecule has 1 N–H and O–H groups in total. The van der Waals surface area contributed by atoms with E-state index < -0.39 is 11.9 Å². The summed E-state index contributed by atoms with van der Waals surface area (Å²) >= 11 is 0. The maximum atomic E-state index is 12.1. The van der Waals surface area contributed by atoms with Crippen LogP contribution in [0.4, 0.5) is 19.0 Å². The van der Waals surface area contributed by atoms with Gasteiger partial charge in [0.25, 0.3) is 5.56 Å². The fourth-order valence-electron chi connectivity index (χ4n) is 2.90. The first-order valence-electron chi connectivity index (χ1n) is 9.02. The van der Waals surface area contributed by atoms with Crippen LogP contribution in [-0.4, -0.2) is 53.3 Å². The number of halogens is 3. The zero-order chi connectivity index (χ0) is 21.0. The number of alkyl halides is 3. The Balaban J connectivity index is 0.00000320. The number of nitrogens with one attached hydrogen (secondary N) is 1. The number of nitrogens with zero attached hydrogens (tertiary/aromatic N) is 4. The van der Waals surface area contributed by atoms with Crippen molar-refractivity contribution in [3.63, 3.8) is 0 Å². The molecule has 1 amide bonds. The van der Waals surface area contributed by atoms with Crippen molar-refractivity contribution in [1.29, 1.82) is 0 Å². The van der Waals surface area contributed by atoms with Gasteiger partial charge in [0.05, 0.1) is 12.3 Å². The zero-order valence-electron chi connectivity index (χ0n) is 15.6. The number of hydrogen-bond donors (Lipinski definition) is 1. The number of amides is 1.